The van der Waals surface area contributed by atoms with Crippen LogP contribution in [0.5, 0.6) is 0 Å². The molecule has 1 aliphatic rings. The van der Waals surface area contributed by atoms with E-state index in [1.54, 1.807) is 0 Å². The molecule has 0 aliphatic carbocycles. The Labute approximate surface area is 83.7 Å². The molecule has 0 fully saturated rings. The number of H-pyrrole nitrogens is 1. The summed E-state index contributed by atoms with van der Waals surface area (Å²) in [5, 5.41) is 20.2. The Morgan fingerprint density at radius 1 is 1.57 bits per heavy atom. The van der Waals surface area contributed by atoms with Gasteiger partial charge in [-0.3, -0.25) is 5.10 Å². The van der Waals surface area contributed by atoms with Gasteiger partial charge in [-0.15, -0.1) is 0 Å². The van der Waals surface area contributed by atoms with Crippen molar-refractivity contribution in [1.82, 2.24) is 15.5 Å². The Morgan fingerprint density at radius 3 is 3.07 bits per heavy atom. The first-order valence-electron chi connectivity index (χ1n) is 5.13. The van der Waals surface area contributed by atoms with Crippen molar-refractivity contribution >= 4 is 0 Å². The van der Waals surface area contributed by atoms with Crippen molar-refractivity contribution in [2.45, 2.75) is 32.9 Å². The van der Waals surface area contributed by atoms with Crippen LogP contribution in [0.2, 0.25) is 0 Å². The van der Waals surface area contributed by atoms with Crippen molar-refractivity contribution < 1.29 is 5.11 Å². The molecule has 1 unspecified atom stereocenters. The lowest BCUT2D eigenvalue weighted by atomic mass is 9.98. The Bertz CT molecular complexity index is 319. The Morgan fingerprint density at radius 2 is 2.36 bits per heavy atom. The average Bonchev–Trinajstić information content (AvgIpc) is 2.49. The molecule has 1 atom stereocenters. The minimum atomic E-state index is -0.397. The summed E-state index contributed by atoms with van der Waals surface area (Å²) in [6.45, 7) is 5.75. The van der Waals surface area contributed by atoms with Gasteiger partial charge in [-0.2, -0.15) is 5.10 Å². The smallest absolute Gasteiger partial charge is 0.0950 e. The standard InChI is InChI=1S/C10H17N3O/c1-6(2)3-7-10-8(13-12-7)4-11-5-9(10)14/h6,9,11,14H,3-5H2,1-2H3,(H,12,13). The molecule has 14 heavy (non-hydrogen) atoms. The van der Waals surface area contributed by atoms with E-state index in [4.69, 9.17) is 0 Å². The highest BCUT2D eigenvalue weighted by atomic mass is 16.3. The van der Waals surface area contributed by atoms with Gasteiger partial charge in [0.05, 0.1) is 17.5 Å². The molecular formula is C10H17N3O. The topological polar surface area (TPSA) is 60.9 Å². The minimum absolute atomic E-state index is 0.397. The summed E-state index contributed by atoms with van der Waals surface area (Å²) in [6, 6.07) is 0. The summed E-state index contributed by atoms with van der Waals surface area (Å²) < 4.78 is 0. The zero-order chi connectivity index (χ0) is 10.1. The molecule has 0 saturated carbocycles. The van der Waals surface area contributed by atoms with Crippen molar-refractivity contribution in [2.24, 2.45) is 5.92 Å². The fourth-order valence-electron chi connectivity index (χ4n) is 1.94. The predicted molar refractivity (Wildman–Crippen MR) is 53.8 cm³/mol. The molecule has 1 aromatic heterocycles. The van der Waals surface area contributed by atoms with Crippen molar-refractivity contribution in [1.29, 1.82) is 0 Å². The first-order chi connectivity index (χ1) is 6.68. The van der Waals surface area contributed by atoms with Gasteiger partial charge in [-0.1, -0.05) is 13.8 Å². The zero-order valence-corrected chi connectivity index (χ0v) is 8.67. The lowest BCUT2D eigenvalue weighted by Gasteiger charge is -2.19. The molecule has 0 bridgehead atoms. The summed E-state index contributed by atoms with van der Waals surface area (Å²) in [5.74, 6) is 0.574. The van der Waals surface area contributed by atoms with E-state index in [9.17, 15) is 5.11 Å². The third kappa shape index (κ3) is 1.67. The molecule has 0 radical (unpaired) electrons. The third-order valence-electron chi connectivity index (χ3n) is 2.54. The summed E-state index contributed by atoms with van der Waals surface area (Å²) in [7, 11) is 0. The second kappa shape index (κ2) is 3.71. The van der Waals surface area contributed by atoms with Crippen LogP contribution in [0, 0.1) is 5.92 Å². The molecule has 3 N–H and O–H groups in total. The Kier molecular flexibility index (Phi) is 2.56. The Hall–Kier alpha value is -0.870. The van der Waals surface area contributed by atoms with E-state index in [0.29, 0.717) is 12.5 Å². The summed E-state index contributed by atoms with van der Waals surface area (Å²) in [6.07, 6.45) is 0.536. The highest BCUT2D eigenvalue weighted by Crippen LogP contribution is 2.25. The van der Waals surface area contributed by atoms with Crippen molar-refractivity contribution in [3.05, 3.63) is 17.0 Å². The van der Waals surface area contributed by atoms with Crippen LogP contribution in [-0.4, -0.2) is 21.8 Å². The molecule has 0 amide bonds. The number of aliphatic hydroxyl groups excluding tert-OH is 1. The van der Waals surface area contributed by atoms with Crippen molar-refractivity contribution in [2.75, 3.05) is 6.54 Å². The van der Waals surface area contributed by atoms with E-state index < -0.39 is 6.10 Å². The number of hydrogen-bond acceptors (Lipinski definition) is 3. The lowest BCUT2D eigenvalue weighted by Crippen LogP contribution is -2.28. The molecule has 0 spiro atoms. The normalized spacial score (nSPS) is 21.3. The number of aromatic nitrogens is 2. The predicted octanol–water partition coefficient (Wildman–Crippen LogP) is 0.745. The number of fused-ring (bicyclic) bond motifs is 1. The maximum absolute atomic E-state index is 9.82. The fraction of sp³-hybridized carbons (Fsp3) is 0.700. The summed E-state index contributed by atoms with van der Waals surface area (Å²) >= 11 is 0. The highest BCUT2D eigenvalue weighted by Gasteiger charge is 2.24. The molecule has 4 nitrogen and oxygen atoms in total. The second-order valence-corrected chi connectivity index (χ2v) is 4.31. The van der Waals surface area contributed by atoms with Crippen LogP contribution in [0.15, 0.2) is 0 Å². The van der Waals surface area contributed by atoms with E-state index in [1.807, 2.05) is 0 Å². The molecular weight excluding hydrogens is 178 g/mol. The van der Waals surface area contributed by atoms with Crippen molar-refractivity contribution in [3.63, 3.8) is 0 Å². The SMILES string of the molecule is CC(C)Cc1n[nH]c2c1C(O)CNC2. The number of β-amino-alcohol motifs (C(OH)–C–C–N with tert-alkyl or cyclic N) is 1. The van der Waals surface area contributed by atoms with Crippen LogP contribution in [-0.2, 0) is 13.0 Å². The summed E-state index contributed by atoms with van der Waals surface area (Å²) in [5.41, 5.74) is 3.10. The van der Waals surface area contributed by atoms with Gasteiger partial charge in [0, 0.05) is 18.7 Å². The van der Waals surface area contributed by atoms with Gasteiger partial charge < -0.3 is 10.4 Å². The molecule has 1 aliphatic heterocycles. The van der Waals surface area contributed by atoms with Crippen LogP contribution in [0.4, 0.5) is 0 Å². The van der Waals surface area contributed by atoms with Crippen LogP contribution in [0.1, 0.15) is 36.9 Å². The quantitative estimate of drug-likeness (QED) is 0.652. The second-order valence-electron chi connectivity index (χ2n) is 4.31. The third-order valence-corrected chi connectivity index (χ3v) is 2.54. The maximum Gasteiger partial charge on any atom is 0.0950 e. The van der Waals surface area contributed by atoms with E-state index in [2.05, 4.69) is 29.4 Å². The first-order valence-corrected chi connectivity index (χ1v) is 5.13. The van der Waals surface area contributed by atoms with E-state index in [-0.39, 0.29) is 0 Å². The van der Waals surface area contributed by atoms with Crippen LogP contribution in [0.3, 0.4) is 0 Å². The van der Waals surface area contributed by atoms with Gasteiger partial charge in [-0.05, 0) is 12.3 Å². The number of rotatable bonds is 2. The van der Waals surface area contributed by atoms with Crippen LogP contribution < -0.4 is 5.32 Å². The largest absolute Gasteiger partial charge is 0.387 e. The van der Waals surface area contributed by atoms with Gasteiger partial charge in [-0.25, -0.2) is 0 Å². The maximum atomic E-state index is 9.82. The fourth-order valence-corrected chi connectivity index (χ4v) is 1.94. The summed E-state index contributed by atoms with van der Waals surface area (Å²) in [4.78, 5) is 0. The van der Waals surface area contributed by atoms with Gasteiger partial charge in [0.2, 0.25) is 0 Å². The number of aromatic amines is 1. The molecule has 2 heterocycles. The number of nitrogens with one attached hydrogen (secondary N) is 2. The van der Waals surface area contributed by atoms with Gasteiger partial charge in [0.25, 0.3) is 0 Å². The van der Waals surface area contributed by atoms with Crippen LogP contribution >= 0.6 is 0 Å². The molecule has 2 rings (SSSR count). The van der Waals surface area contributed by atoms with Crippen LogP contribution in [0.25, 0.3) is 0 Å². The van der Waals surface area contributed by atoms with Crippen molar-refractivity contribution in [3.8, 4) is 0 Å². The molecule has 1 aromatic rings. The Balaban J connectivity index is 2.29. The minimum Gasteiger partial charge on any atom is -0.387 e. The lowest BCUT2D eigenvalue weighted by molar-refractivity contribution is 0.163. The number of nitrogens with zero attached hydrogens (tertiary/aromatic N) is 1. The van der Waals surface area contributed by atoms with E-state index in [1.165, 1.54) is 0 Å². The molecule has 0 saturated heterocycles. The van der Waals surface area contributed by atoms with Gasteiger partial charge >= 0.3 is 0 Å². The molecule has 4 heteroatoms. The highest BCUT2D eigenvalue weighted by molar-refractivity contribution is 5.30. The monoisotopic (exact) mass is 195 g/mol. The molecule has 0 aromatic carbocycles. The number of aliphatic hydroxyl groups is 1. The molecule has 78 valence electrons. The zero-order valence-electron chi connectivity index (χ0n) is 8.67. The first kappa shape index (κ1) is 9.68. The van der Waals surface area contributed by atoms with Gasteiger partial charge in [0.15, 0.2) is 0 Å². The van der Waals surface area contributed by atoms with E-state index in [0.717, 1.165) is 29.9 Å². The number of hydrogen-bond donors (Lipinski definition) is 3. The average molecular weight is 195 g/mol. The van der Waals surface area contributed by atoms with Gasteiger partial charge in [0.1, 0.15) is 0 Å². The van der Waals surface area contributed by atoms with E-state index >= 15 is 0 Å².